The molecule has 0 unspecified atom stereocenters. The van der Waals surface area contributed by atoms with Gasteiger partial charge in [0.1, 0.15) is 17.1 Å². The minimum absolute atomic E-state index is 0.0387. The molecule has 102 valence electrons. The van der Waals surface area contributed by atoms with Crippen LogP contribution in [0.25, 0.3) is 11.3 Å². The van der Waals surface area contributed by atoms with E-state index < -0.39 is 17.2 Å². The summed E-state index contributed by atoms with van der Waals surface area (Å²) in [6.07, 6.45) is 3.10. The normalized spacial score (nSPS) is 14.2. The molecule has 1 heterocycles. The van der Waals surface area contributed by atoms with E-state index in [0.717, 1.165) is 12.8 Å². The highest BCUT2D eigenvalue weighted by Crippen LogP contribution is 2.34. The average molecular weight is 274 g/mol. The largest absolute Gasteiger partial charge is 0.477 e. The number of rotatable bonds is 3. The molecule has 1 aliphatic rings. The van der Waals surface area contributed by atoms with Gasteiger partial charge in [0.25, 0.3) is 0 Å². The topological polar surface area (TPSA) is 72.2 Å². The summed E-state index contributed by atoms with van der Waals surface area (Å²) in [7, 11) is 0. The van der Waals surface area contributed by atoms with Gasteiger partial charge in [0.15, 0.2) is 0 Å². The van der Waals surface area contributed by atoms with Crippen molar-refractivity contribution in [1.29, 1.82) is 0 Å². The molecule has 1 aromatic heterocycles. The van der Waals surface area contributed by atoms with Gasteiger partial charge in [-0.15, -0.1) is 0 Å². The Bertz CT molecular complexity index is 733. The summed E-state index contributed by atoms with van der Waals surface area (Å²) in [5, 5.41) is 13.3. The standard InChI is InChI=1S/C14H11FN2O3/c15-9-3-1-8(2-4-9)12-13(18)11(14(19)20)7-17(16-12)10-5-6-10/h1-4,7,10H,5-6H2,(H,19,20). The van der Waals surface area contributed by atoms with Gasteiger partial charge < -0.3 is 5.11 Å². The van der Waals surface area contributed by atoms with E-state index in [0.29, 0.717) is 5.56 Å². The molecule has 3 rings (SSSR count). The van der Waals surface area contributed by atoms with E-state index in [-0.39, 0.29) is 17.3 Å². The fraction of sp³-hybridized carbons (Fsp3) is 0.214. The SMILES string of the molecule is O=C(O)c1cn(C2CC2)nc(-c2ccc(F)cc2)c1=O. The van der Waals surface area contributed by atoms with Gasteiger partial charge in [0, 0.05) is 11.8 Å². The van der Waals surface area contributed by atoms with Crippen LogP contribution in [0, 0.1) is 5.82 Å². The molecule has 0 spiro atoms. The van der Waals surface area contributed by atoms with Crippen LogP contribution in [0.3, 0.4) is 0 Å². The van der Waals surface area contributed by atoms with Crippen molar-refractivity contribution in [2.75, 3.05) is 0 Å². The number of aromatic nitrogens is 2. The molecule has 1 saturated carbocycles. The molecule has 0 aliphatic heterocycles. The number of carbonyl (C=O) groups is 1. The summed E-state index contributed by atoms with van der Waals surface area (Å²) in [6, 6.07) is 5.41. The van der Waals surface area contributed by atoms with Crippen LogP contribution >= 0.6 is 0 Å². The minimum Gasteiger partial charge on any atom is -0.477 e. The zero-order chi connectivity index (χ0) is 14.3. The van der Waals surface area contributed by atoms with Crippen molar-refractivity contribution in [3.05, 3.63) is 52.1 Å². The molecule has 2 aromatic rings. The van der Waals surface area contributed by atoms with Crippen molar-refractivity contribution in [2.45, 2.75) is 18.9 Å². The van der Waals surface area contributed by atoms with Crippen LogP contribution in [0.2, 0.25) is 0 Å². The third-order valence-electron chi connectivity index (χ3n) is 3.21. The van der Waals surface area contributed by atoms with Crippen LogP contribution in [0.4, 0.5) is 4.39 Å². The van der Waals surface area contributed by atoms with Gasteiger partial charge >= 0.3 is 5.97 Å². The lowest BCUT2D eigenvalue weighted by Crippen LogP contribution is -2.22. The highest BCUT2D eigenvalue weighted by atomic mass is 19.1. The maximum absolute atomic E-state index is 12.9. The van der Waals surface area contributed by atoms with Gasteiger partial charge in [-0.2, -0.15) is 5.10 Å². The van der Waals surface area contributed by atoms with Crippen molar-refractivity contribution >= 4 is 5.97 Å². The summed E-state index contributed by atoms with van der Waals surface area (Å²) in [5.74, 6) is -1.71. The van der Waals surface area contributed by atoms with E-state index in [1.54, 1.807) is 0 Å². The van der Waals surface area contributed by atoms with Crippen molar-refractivity contribution in [3.8, 4) is 11.3 Å². The number of nitrogens with zero attached hydrogens (tertiary/aromatic N) is 2. The van der Waals surface area contributed by atoms with E-state index >= 15 is 0 Å². The van der Waals surface area contributed by atoms with E-state index in [1.165, 1.54) is 35.1 Å². The molecular weight excluding hydrogens is 263 g/mol. The van der Waals surface area contributed by atoms with Crippen molar-refractivity contribution in [2.24, 2.45) is 0 Å². The maximum Gasteiger partial charge on any atom is 0.341 e. The first kappa shape index (κ1) is 12.5. The second-order valence-electron chi connectivity index (χ2n) is 4.74. The number of hydrogen-bond acceptors (Lipinski definition) is 3. The van der Waals surface area contributed by atoms with Crippen LogP contribution in [-0.4, -0.2) is 20.9 Å². The first-order chi connectivity index (χ1) is 9.56. The van der Waals surface area contributed by atoms with Crippen LogP contribution in [-0.2, 0) is 0 Å². The summed E-state index contributed by atoms with van der Waals surface area (Å²) < 4.78 is 14.4. The minimum atomic E-state index is -1.28. The molecule has 20 heavy (non-hydrogen) atoms. The smallest absolute Gasteiger partial charge is 0.341 e. The van der Waals surface area contributed by atoms with Crippen molar-refractivity contribution < 1.29 is 14.3 Å². The van der Waals surface area contributed by atoms with Crippen LogP contribution in [0.5, 0.6) is 0 Å². The molecule has 0 saturated heterocycles. The number of hydrogen-bond donors (Lipinski definition) is 1. The Morgan fingerprint density at radius 3 is 2.50 bits per heavy atom. The number of carboxylic acids is 1. The summed E-state index contributed by atoms with van der Waals surface area (Å²) in [5.41, 5.74) is -0.516. The molecule has 0 atom stereocenters. The van der Waals surface area contributed by atoms with Crippen molar-refractivity contribution in [3.63, 3.8) is 0 Å². The van der Waals surface area contributed by atoms with E-state index in [9.17, 15) is 14.0 Å². The molecule has 6 heteroatoms. The predicted molar refractivity (Wildman–Crippen MR) is 69.1 cm³/mol. The first-order valence-corrected chi connectivity index (χ1v) is 6.19. The summed E-state index contributed by atoms with van der Waals surface area (Å²) in [4.78, 5) is 23.3. The fourth-order valence-electron chi connectivity index (χ4n) is 1.98. The van der Waals surface area contributed by atoms with Gasteiger partial charge in [0.2, 0.25) is 5.43 Å². The Kier molecular flexibility index (Phi) is 2.85. The molecule has 1 fully saturated rings. The highest BCUT2D eigenvalue weighted by Gasteiger charge is 2.27. The zero-order valence-electron chi connectivity index (χ0n) is 10.4. The van der Waals surface area contributed by atoms with E-state index in [1.807, 2.05) is 0 Å². The average Bonchev–Trinajstić information content (AvgIpc) is 3.24. The van der Waals surface area contributed by atoms with Crippen LogP contribution < -0.4 is 5.43 Å². The number of aromatic carboxylic acids is 1. The molecule has 1 aliphatic carbocycles. The zero-order valence-corrected chi connectivity index (χ0v) is 10.4. The highest BCUT2D eigenvalue weighted by molar-refractivity contribution is 5.88. The van der Waals surface area contributed by atoms with Crippen LogP contribution in [0.1, 0.15) is 29.2 Å². The predicted octanol–water partition coefficient (Wildman–Crippen LogP) is 2.08. The first-order valence-electron chi connectivity index (χ1n) is 6.19. The lowest BCUT2D eigenvalue weighted by Gasteiger charge is -2.08. The number of halogens is 1. The Morgan fingerprint density at radius 2 is 1.95 bits per heavy atom. The molecular formula is C14H11FN2O3. The third-order valence-corrected chi connectivity index (χ3v) is 3.21. The lowest BCUT2D eigenvalue weighted by atomic mass is 10.1. The second-order valence-corrected chi connectivity index (χ2v) is 4.74. The second kappa shape index (κ2) is 4.56. The number of benzene rings is 1. The summed E-state index contributed by atoms with van der Waals surface area (Å²) in [6.45, 7) is 0. The van der Waals surface area contributed by atoms with Gasteiger partial charge in [-0.25, -0.2) is 9.18 Å². The number of carboxylic acid groups (broad SMARTS) is 1. The Morgan fingerprint density at radius 1 is 1.30 bits per heavy atom. The van der Waals surface area contributed by atoms with Crippen LogP contribution in [0.15, 0.2) is 35.3 Å². The molecule has 1 aromatic carbocycles. The molecule has 0 bridgehead atoms. The molecule has 0 radical (unpaired) electrons. The van der Waals surface area contributed by atoms with Gasteiger partial charge in [0.05, 0.1) is 6.04 Å². The summed E-state index contributed by atoms with van der Waals surface area (Å²) >= 11 is 0. The van der Waals surface area contributed by atoms with Crippen molar-refractivity contribution in [1.82, 2.24) is 9.78 Å². The van der Waals surface area contributed by atoms with E-state index in [2.05, 4.69) is 5.10 Å². The molecule has 0 amide bonds. The fourth-order valence-corrected chi connectivity index (χ4v) is 1.98. The maximum atomic E-state index is 12.9. The Labute approximate surface area is 113 Å². The van der Waals surface area contributed by atoms with E-state index in [4.69, 9.17) is 5.11 Å². The van der Waals surface area contributed by atoms with Gasteiger partial charge in [-0.1, -0.05) is 0 Å². The Balaban J connectivity index is 2.20. The third kappa shape index (κ3) is 2.20. The van der Waals surface area contributed by atoms with Gasteiger partial charge in [-0.05, 0) is 37.1 Å². The lowest BCUT2D eigenvalue weighted by molar-refractivity contribution is 0.0694. The monoisotopic (exact) mass is 274 g/mol. The van der Waals surface area contributed by atoms with Gasteiger partial charge in [-0.3, -0.25) is 9.48 Å². The molecule has 5 nitrogen and oxygen atoms in total. The molecule has 1 N–H and O–H groups in total. The quantitative estimate of drug-likeness (QED) is 0.930. The Hall–Kier alpha value is -2.50.